The van der Waals surface area contributed by atoms with Crippen molar-refractivity contribution in [1.82, 2.24) is 4.90 Å². The Bertz CT molecular complexity index is 467. The van der Waals surface area contributed by atoms with E-state index in [1.807, 2.05) is 0 Å². The molecule has 0 unspecified atom stereocenters. The van der Waals surface area contributed by atoms with E-state index in [4.69, 9.17) is 11.6 Å². The van der Waals surface area contributed by atoms with Crippen molar-refractivity contribution in [2.24, 2.45) is 0 Å². The number of piperidine rings is 1. The van der Waals surface area contributed by atoms with Gasteiger partial charge >= 0.3 is 0 Å². The van der Waals surface area contributed by atoms with Gasteiger partial charge in [-0.1, -0.05) is 18.0 Å². The molecular weight excluding hydrogens is 267 g/mol. The third-order valence-electron chi connectivity index (χ3n) is 3.49. The summed E-state index contributed by atoms with van der Waals surface area (Å²) in [5.74, 6) is -0.519. The van der Waals surface area contributed by atoms with E-state index in [1.165, 1.54) is 24.6 Å². The molecule has 1 aromatic carbocycles. The van der Waals surface area contributed by atoms with E-state index in [9.17, 15) is 9.18 Å². The third-order valence-corrected chi connectivity index (χ3v) is 3.81. The number of amides is 1. The second-order valence-electron chi connectivity index (χ2n) is 4.99. The molecular formula is C14H18ClFN2O. The minimum atomic E-state index is -0.410. The summed E-state index contributed by atoms with van der Waals surface area (Å²) in [7, 11) is 0. The Morgan fingerprint density at radius 1 is 1.53 bits per heavy atom. The van der Waals surface area contributed by atoms with Gasteiger partial charge in [-0.15, -0.1) is 0 Å². The number of hydrogen-bond acceptors (Lipinski definition) is 2. The maximum atomic E-state index is 12.9. The summed E-state index contributed by atoms with van der Waals surface area (Å²) in [6.45, 7) is 3.44. The molecule has 0 bridgehead atoms. The lowest BCUT2D eigenvalue weighted by Gasteiger charge is -2.32. The van der Waals surface area contributed by atoms with Gasteiger partial charge in [0.05, 0.1) is 17.3 Å². The molecule has 1 heterocycles. The van der Waals surface area contributed by atoms with Crippen molar-refractivity contribution in [2.45, 2.75) is 32.2 Å². The monoisotopic (exact) mass is 284 g/mol. The van der Waals surface area contributed by atoms with Crippen LogP contribution in [0.4, 0.5) is 10.1 Å². The zero-order chi connectivity index (χ0) is 13.8. The highest BCUT2D eigenvalue weighted by molar-refractivity contribution is 6.33. The molecule has 1 saturated heterocycles. The van der Waals surface area contributed by atoms with Crippen LogP contribution >= 0.6 is 11.6 Å². The predicted octanol–water partition coefficient (Wildman–Crippen LogP) is 3.29. The van der Waals surface area contributed by atoms with E-state index in [0.29, 0.717) is 18.3 Å². The minimum absolute atomic E-state index is 0.109. The molecule has 1 fully saturated rings. The van der Waals surface area contributed by atoms with Crippen molar-refractivity contribution in [1.29, 1.82) is 0 Å². The lowest BCUT2D eigenvalue weighted by molar-refractivity contribution is -0.118. The SMILES string of the molecule is C[C@H]1CCCCN1CC(=O)Nc1ccc(F)cc1Cl. The largest absolute Gasteiger partial charge is 0.324 e. The summed E-state index contributed by atoms with van der Waals surface area (Å²) in [5, 5.41) is 2.95. The number of rotatable bonds is 3. The van der Waals surface area contributed by atoms with Gasteiger partial charge < -0.3 is 5.32 Å². The lowest BCUT2D eigenvalue weighted by Crippen LogP contribution is -2.42. The molecule has 1 aromatic rings. The maximum Gasteiger partial charge on any atom is 0.238 e. The van der Waals surface area contributed by atoms with Crippen LogP contribution in [0.25, 0.3) is 0 Å². The molecule has 3 nitrogen and oxygen atoms in total. The molecule has 0 saturated carbocycles. The fourth-order valence-corrected chi connectivity index (χ4v) is 2.57. The zero-order valence-electron chi connectivity index (χ0n) is 11.0. The Morgan fingerprint density at radius 2 is 2.32 bits per heavy atom. The van der Waals surface area contributed by atoms with Crippen LogP contribution in [0.5, 0.6) is 0 Å². The number of benzene rings is 1. The first kappa shape index (κ1) is 14.3. The summed E-state index contributed by atoms with van der Waals surface area (Å²) >= 11 is 5.88. The molecule has 0 aromatic heterocycles. The van der Waals surface area contributed by atoms with Gasteiger partial charge in [0.2, 0.25) is 5.91 Å². The van der Waals surface area contributed by atoms with Crippen molar-refractivity contribution >= 4 is 23.2 Å². The molecule has 1 atom stereocenters. The molecule has 1 amide bonds. The third kappa shape index (κ3) is 3.91. The van der Waals surface area contributed by atoms with Gasteiger partial charge in [-0.2, -0.15) is 0 Å². The highest BCUT2D eigenvalue weighted by Crippen LogP contribution is 2.22. The van der Waals surface area contributed by atoms with E-state index in [-0.39, 0.29) is 10.9 Å². The van der Waals surface area contributed by atoms with Crippen LogP contribution < -0.4 is 5.32 Å². The van der Waals surface area contributed by atoms with Gasteiger partial charge in [-0.25, -0.2) is 4.39 Å². The Hall–Kier alpha value is -1.13. The van der Waals surface area contributed by atoms with Gasteiger partial charge in [0.15, 0.2) is 0 Å². The first-order chi connectivity index (χ1) is 9.06. The summed E-state index contributed by atoms with van der Waals surface area (Å²) in [4.78, 5) is 14.1. The van der Waals surface area contributed by atoms with Crippen LogP contribution in [0.3, 0.4) is 0 Å². The van der Waals surface area contributed by atoms with Crippen molar-refractivity contribution in [3.05, 3.63) is 29.0 Å². The Kier molecular flexibility index (Phi) is 4.77. The highest BCUT2D eigenvalue weighted by Gasteiger charge is 2.20. The number of carbonyl (C=O) groups is 1. The van der Waals surface area contributed by atoms with Crippen LogP contribution in [0, 0.1) is 5.82 Å². The highest BCUT2D eigenvalue weighted by atomic mass is 35.5. The Balaban J connectivity index is 1.93. The Morgan fingerprint density at radius 3 is 3.00 bits per heavy atom. The van der Waals surface area contributed by atoms with Crippen LogP contribution in [0.2, 0.25) is 5.02 Å². The second kappa shape index (κ2) is 6.35. The van der Waals surface area contributed by atoms with Gasteiger partial charge in [0.25, 0.3) is 0 Å². The van der Waals surface area contributed by atoms with E-state index >= 15 is 0 Å². The molecule has 2 rings (SSSR count). The smallest absolute Gasteiger partial charge is 0.238 e. The minimum Gasteiger partial charge on any atom is -0.324 e. The normalized spacial score (nSPS) is 20.3. The summed E-state index contributed by atoms with van der Waals surface area (Å²) in [6.07, 6.45) is 3.49. The number of likely N-dealkylation sites (tertiary alicyclic amines) is 1. The van der Waals surface area contributed by atoms with Crippen LogP contribution in [0.1, 0.15) is 26.2 Å². The number of carbonyl (C=O) groups excluding carboxylic acids is 1. The standard InChI is InChI=1S/C14H18ClFN2O/c1-10-4-2-3-7-18(10)9-14(19)17-13-6-5-11(16)8-12(13)15/h5-6,8,10H,2-4,7,9H2,1H3,(H,17,19)/t10-/m0/s1. The summed E-state index contributed by atoms with van der Waals surface area (Å²) in [5.41, 5.74) is 0.456. The number of halogens is 2. The molecule has 0 radical (unpaired) electrons. The second-order valence-corrected chi connectivity index (χ2v) is 5.39. The van der Waals surface area contributed by atoms with Gasteiger partial charge in [0, 0.05) is 6.04 Å². The van der Waals surface area contributed by atoms with Crippen LogP contribution in [-0.2, 0) is 4.79 Å². The molecule has 19 heavy (non-hydrogen) atoms. The number of nitrogens with one attached hydrogen (secondary N) is 1. The molecule has 1 aliphatic heterocycles. The van der Waals surface area contributed by atoms with E-state index in [2.05, 4.69) is 17.1 Å². The number of nitrogens with zero attached hydrogens (tertiary/aromatic N) is 1. The fraction of sp³-hybridized carbons (Fsp3) is 0.500. The summed E-state index contributed by atoms with van der Waals surface area (Å²) in [6, 6.07) is 4.39. The molecule has 5 heteroatoms. The van der Waals surface area contributed by atoms with Crippen LogP contribution in [0.15, 0.2) is 18.2 Å². The molecule has 0 spiro atoms. The van der Waals surface area contributed by atoms with Crippen molar-refractivity contribution in [2.75, 3.05) is 18.4 Å². The van der Waals surface area contributed by atoms with E-state index in [1.54, 1.807) is 0 Å². The Labute approximate surface area is 117 Å². The van der Waals surface area contributed by atoms with Crippen molar-refractivity contribution in [3.8, 4) is 0 Å². The number of hydrogen-bond donors (Lipinski definition) is 1. The first-order valence-corrected chi connectivity index (χ1v) is 6.93. The average Bonchev–Trinajstić information content (AvgIpc) is 2.36. The lowest BCUT2D eigenvalue weighted by atomic mass is 10.0. The number of anilines is 1. The fourth-order valence-electron chi connectivity index (χ4n) is 2.36. The molecule has 1 N–H and O–H groups in total. The van der Waals surface area contributed by atoms with Gasteiger partial charge in [-0.05, 0) is 44.5 Å². The average molecular weight is 285 g/mol. The molecule has 1 aliphatic rings. The van der Waals surface area contributed by atoms with Gasteiger partial charge in [-0.3, -0.25) is 9.69 Å². The maximum absolute atomic E-state index is 12.9. The zero-order valence-corrected chi connectivity index (χ0v) is 11.7. The summed E-state index contributed by atoms with van der Waals surface area (Å²) < 4.78 is 12.9. The van der Waals surface area contributed by atoms with E-state index < -0.39 is 5.82 Å². The van der Waals surface area contributed by atoms with Crippen LogP contribution in [-0.4, -0.2) is 29.9 Å². The topological polar surface area (TPSA) is 32.3 Å². The molecule has 0 aliphatic carbocycles. The first-order valence-electron chi connectivity index (χ1n) is 6.55. The van der Waals surface area contributed by atoms with Crippen molar-refractivity contribution < 1.29 is 9.18 Å². The molecule has 104 valence electrons. The quantitative estimate of drug-likeness (QED) is 0.924. The van der Waals surface area contributed by atoms with Gasteiger partial charge in [0.1, 0.15) is 5.82 Å². The van der Waals surface area contributed by atoms with E-state index in [0.717, 1.165) is 19.4 Å². The van der Waals surface area contributed by atoms with Crippen molar-refractivity contribution in [3.63, 3.8) is 0 Å². The predicted molar refractivity (Wildman–Crippen MR) is 74.9 cm³/mol.